The molecule has 1 atom stereocenters. The Labute approximate surface area is 143 Å². The predicted molar refractivity (Wildman–Crippen MR) is 91.6 cm³/mol. The number of hydrogen-bond donors (Lipinski definition) is 3. The number of carboxylic acid groups (broad SMARTS) is 1. The van der Waals surface area contributed by atoms with Gasteiger partial charge < -0.3 is 20.5 Å². The van der Waals surface area contributed by atoms with Crippen LogP contribution in [0.3, 0.4) is 0 Å². The van der Waals surface area contributed by atoms with Gasteiger partial charge in [0.2, 0.25) is 0 Å². The van der Waals surface area contributed by atoms with Gasteiger partial charge in [-0.25, -0.2) is 4.79 Å². The average molecular weight is 347 g/mol. The number of aldehydes is 1. The minimum Gasteiger partial charge on any atom is -0.481 e. The SMILES string of the molecule is O=CCC(C(=O)O)c1ccc(NC(=O)Nc2ccc(Cl)cc2)cc1. The Morgan fingerprint density at radius 3 is 1.96 bits per heavy atom. The Morgan fingerprint density at radius 1 is 1.00 bits per heavy atom. The predicted octanol–water partition coefficient (Wildman–Crippen LogP) is 3.74. The van der Waals surface area contributed by atoms with Gasteiger partial charge >= 0.3 is 12.0 Å². The Balaban J connectivity index is 2.00. The van der Waals surface area contributed by atoms with Crippen LogP contribution in [0.15, 0.2) is 48.5 Å². The number of anilines is 2. The normalized spacial score (nSPS) is 11.4. The molecule has 0 heterocycles. The molecule has 0 aliphatic heterocycles. The summed E-state index contributed by atoms with van der Waals surface area (Å²) in [7, 11) is 0. The fourth-order valence-corrected chi connectivity index (χ4v) is 2.23. The lowest BCUT2D eigenvalue weighted by Crippen LogP contribution is -2.19. The van der Waals surface area contributed by atoms with E-state index in [0.717, 1.165) is 0 Å². The van der Waals surface area contributed by atoms with E-state index in [1.54, 1.807) is 48.5 Å². The Bertz CT molecular complexity index is 729. The molecule has 2 aromatic rings. The van der Waals surface area contributed by atoms with Gasteiger partial charge in [0, 0.05) is 22.8 Å². The highest BCUT2D eigenvalue weighted by molar-refractivity contribution is 6.30. The van der Waals surface area contributed by atoms with Crippen LogP contribution in [0.1, 0.15) is 17.9 Å². The summed E-state index contributed by atoms with van der Waals surface area (Å²) in [6.45, 7) is 0. The first kappa shape index (κ1) is 17.5. The number of halogens is 1. The average Bonchev–Trinajstić information content (AvgIpc) is 2.55. The van der Waals surface area contributed by atoms with Crippen LogP contribution >= 0.6 is 11.6 Å². The topological polar surface area (TPSA) is 95.5 Å². The molecule has 0 fully saturated rings. The van der Waals surface area contributed by atoms with Crippen molar-refractivity contribution in [2.45, 2.75) is 12.3 Å². The monoisotopic (exact) mass is 346 g/mol. The van der Waals surface area contributed by atoms with E-state index in [4.69, 9.17) is 16.7 Å². The van der Waals surface area contributed by atoms with Crippen molar-refractivity contribution in [1.82, 2.24) is 0 Å². The van der Waals surface area contributed by atoms with Crippen LogP contribution in [0.25, 0.3) is 0 Å². The van der Waals surface area contributed by atoms with E-state index >= 15 is 0 Å². The molecule has 0 saturated heterocycles. The molecule has 24 heavy (non-hydrogen) atoms. The van der Waals surface area contributed by atoms with E-state index in [2.05, 4.69) is 10.6 Å². The quantitative estimate of drug-likeness (QED) is 0.694. The van der Waals surface area contributed by atoms with Gasteiger partial charge in [0.15, 0.2) is 0 Å². The summed E-state index contributed by atoms with van der Waals surface area (Å²) in [5.41, 5.74) is 1.59. The van der Waals surface area contributed by atoms with E-state index in [1.807, 2.05) is 0 Å². The van der Waals surface area contributed by atoms with Gasteiger partial charge in [-0.05, 0) is 42.0 Å². The Hall–Kier alpha value is -2.86. The van der Waals surface area contributed by atoms with Crippen molar-refractivity contribution < 1.29 is 19.5 Å². The molecule has 0 bridgehead atoms. The summed E-state index contributed by atoms with van der Waals surface area (Å²) >= 11 is 5.77. The summed E-state index contributed by atoms with van der Waals surface area (Å²) in [5.74, 6) is -1.96. The first-order chi connectivity index (χ1) is 11.5. The van der Waals surface area contributed by atoms with Crippen LogP contribution < -0.4 is 10.6 Å². The van der Waals surface area contributed by atoms with Gasteiger partial charge in [0.05, 0.1) is 5.92 Å². The van der Waals surface area contributed by atoms with E-state index in [1.165, 1.54) is 0 Å². The van der Waals surface area contributed by atoms with Crippen molar-refractivity contribution in [3.05, 3.63) is 59.1 Å². The lowest BCUT2D eigenvalue weighted by Gasteiger charge is -2.11. The third-order valence-electron chi connectivity index (χ3n) is 3.30. The molecule has 0 aliphatic carbocycles. The molecule has 0 saturated carbocycles. The standard InChI is InChI=1S/C17H15ClN2O4/c18-12-3-7-14(8-4-12)20-17(24)19-13-5-1-11(2-6-13)15(9-10-21)16(22)23/h1-8,10,15H,9H2,(H,22,23)(H2,19,20,24). The number of nitrogens with one attached hydrogen (secondary N) is 2. The van der Waals surface area contributed by atoms with Crippen LogP contribution in [0, 0.1) is 0 Å². The molecule has 0 spiro atoms. The second-order valence-corrected chi connectivity index (χ2v) is 5.44. The molecule has 2 aromatic carbocycles. The van der Waals surface area contributed by atoms with E-state index in [-0.39, 0.29) is 6.42 Å². The Kier molecular flexibility index (Phi) is 5.92. The van der Waals surface area contributed by atoms with E-state index < -0.39 is 17.9 Å². The van der Waals surface area contributed by atoms with Crippen LogP contribution in [-0.2, 0) is 9.59 Å². The van der Waals surface area contributed by atoms with Crippen molar-refractivity contribution in [2.24, 2.45) is 0 Å². The molecule has 6 nitrogen and oxygen atoms in total. The first-order valence-electron chi connectivity index (χ1n) is 7.09. The van der Waals surface area contributed by atoms with Crippen LogP contribution in [0.5, 0.6) is 0 Å². The molecule has 0 aromatic heterocycles. The minimum atomic E-state index is -1.07. The zero-order valence-corrected chi connectivity index (χ0v) is 13.3. The highest BCUT2D eigenvalue weighted by Gasteiger charge is 2.19. The van der Waals surface area contributed by atoms with Gasteiger partial charge in [-0.1, -0.05) is 23.7 Å². The van der Waals surface area contributed by atoms with E-state index in [9.17, 15) is 14.4 Å². The second kappa shape index (κ2) is 8.12. The summed E-state index contributed by atoms with van der Waals surface area (Å²) in [6, 6.07) is 12.5. The van der Waals surface area contributed by atoms with Crippen molar-refractivity contribution in [3.63, 3.8) is 0 Å². The van der Waals surface area contributed by atoms with Crippen molar-refractivity contribution in [3.8, 4) is 0 Å². The maximum atomic E-state index is 11.9. The third-order valence-corrected chi connectivity index (χ3v) is 3.56. The molecule has 0 radical (unpaired) electrons. The molecular weight excluding hydrogens is 332 g/mol. The van der Waals surface area contributed by atoms with Gasteiger partial charge in [0.1, 0.15) is 6.29 Å². The lowest BCUT2D eigenvalue weighted by molar-refractivity contribution is -0.139. The molecule has 124 valence electrons. The number of carboxylic acids is 1. The fraction of sp³-hybridized carbons (Fsp3) is 0.118. The fourth-order valence-electron chi connectivity index (χ4n) is 2.10. The summed E-state index contributed by atoms with van der Waals surface area (Å²) in [5, 5.41) is 15.0. The molecule has 3 N–H and O–H groups in total. The Morgan fingerprint density at radius 2 is 1.50 bits per heavy atom. The van der Waals surface area contributed by atoms with Gasteiger partial charge in [-0.3, -0.25) is 4.79 Å². The van der Waals surface area contributed by atoms with Crippen molar-refractivity contribution in [1.29, 1.82) is 0 Å². The lowest BCUT2D eigenvalue weighted by atomic mass is 9.96. The molecule has 0 aliphatic rings. The number of urea groups is 1. The van der Waals surface area contributed by atoms with E-state index in [0.29, 0.717) is 28.2 Å². The molecule has 7 heteroatoms. The molecular formula is C17H15ClN2O4. The van der Waals surface area contributed by atoms with Crippen molar-refractivity contribution >= 4 is 41.3 Å². The summed E-state index contributed by atoms with van der Waals surface area (Å²) in [4.78, 5) is 33.6. The maximum Gasteiger partial charge on any atom is 0.323 e. The number of carbonyl (C=O) groups is 3. The zero-order chi connectivity index (χ0) is 17.5. The van der Waals surface area contributed by atoms with Crippen LogP contribution in [0.4, 0.5) is 16.2 Å². The summed E-state index contributed by atoms with van der Waals surface area (Å²) in [6.07, 6.45) is 0.476. The third kappa shape index (κ3) is 4.82. The van der Waals surface area contributed by atoms with Gasteiger partial charge in [-0.2, -0.15) is 0 Å². The number of amides is 2. The number of rotatable bonds is 6. The maximum absolute atomic E-state index is 11.9. The minimum absolute atomic E-state index is 0.0981. The highest BCUT2D eigenvalue weighted by atomic mass is 35.5. The second-order valence-electron chi connectivity index (χ2n) is 5.00. The summed E-state index contributed by atoms with van der Waals surface area (Å²) < 4.78 is 0. The first-order valence-corrected chi connectivity index (χ1v) is 7.47. The zero-order valence-electron chi connectivity index (χ0n) is 12.5. The number of carbonyl (C=O) groups excluding carboxylic acids is 2. The van der Waals surface area contributed by atoms with Crippen molar-refractivity contribution in [2.75, 3.05) is 10.6 Å². The number of hydrogen-bond acceptors (Lipinski definition) is 3. The highest BCUT2D eigenvalue weighted by Crippen LogP contribution is 2.21. The van der Waals surface area contributed by atoms with Gasteiger partial charge in [-0.15, -0.1) is 0 Å². The molecule has 2 rings (SSSR count). The molecule has 1 unspecified atom stereocenters. The number of aliphatic carboxylic acids is 1. The smallest absolute Gasteiger partial charge is 0.323 e. The van der Waals surface area contributed by atoms with Crippen LogP contribution in [0.2, 0.25) is 5.02 Å². The molecule has 2 amide bonds. The largest absolute Gasteiger partial charge is 0.481 e. The van der Waals surface area contributed by atoms with Gasteiger partial charge in [0.25, 0.3) is 0 Å². The van der Waals surface area contributed by atoms with Crippen LogP contribution in [-0.4, -0.2) is 23.4 Å². The number of benzene rings is 2.